The van der Waals surface area contributed by atoms with Gasteiger partial charge < -0.3 is 5.11 Å². The molecular formula is C15H24N2O3S. The molecule has 1 heterocycles. The summed E-state index contributed by atoms with van der Waals surface area (Å²) in [6.45, 7) is 4.07. The highest BCUT2D eigenvalue weighted by Gasteiger charge is 2.28. The third-order valence-electron chi connectivity index (χ3n) is 3.84. The molecule has 1 unspecified atom stereocenters. The van der Waals surface area contributed by atoms with E-state index in [1.807, 2.05) is 13.0 Å². The zero-order chi connectivity index (χ0) is 15.7. The Morgan fingerprint density at radius 3 is 2.71 bits per heavy atom. The Morgan fingerprint density at radius 1 is 1.38 bits per heavy atom. The molecule has 0 spiro atoms. The molecule has 1 aromatic rings. The molecule has 0 aromatic heterocycles. The predicted octanol–water partition coefficient (Wildman–Crippen LogP) is 1.28. The summed E-state index contributed by atoms with van der Waals surface area (Å²) in [6, 6.07) is 7.04. The Hall–Kier alpha value is -0.950. The van der Waals surface area contributed by atoms with Crippen molar-refractivity contribution in [3.63, 3.8) is 0 Å². The van der Waals surface area contributed by atoms with Crippen LogP contribution in [0.1, 0.15) is 25.3 Å². The largest absolute Gasteiger partial charge is 0.389 e. The van der Waals surface area contributed by atoms with E-state index in [1.54, 1.807) is 18.2 Å². The van der Waals surface area contributed by atoms with Gasteiger partial charge in [-0.05, 0) is 44.0 Å². The molecule has 1 aromatic carbocycles. The number of aliphatic hydroxyl groups is 1. The summed E-state index contributed by atoms with van der Waals surface area (Å²) in [7, 11) is -0.334. The van der Waals surface area contributed by atoms with Crippen molar-refractivity contribution in [2.24, 2.45) is 0 Å². The maximum Gasteiger partial charge on any atom is 0.242 e. The smallest absolute Gasteiger partial charge is 0.242 e. The van der Waals surface area contributed by atoms with Crippen molar-refractivity contribution in [1.82, 2.24) is 9.21 Å². The first kappa shape index (κ1) is 16.4. The van der Waals surface area contributed by atoms with Gasteiger partial charge in [0.2, 0.25) is 10.0 Å². The maximum atomic E-state index is 12.2. The molecule has 6 heteroatoms. The Bertz CT molecular complexity index is 597. The van der Waals surface area contributed by atoms with Crippen LogP contribution in [0.15, 0.2) is 29.2 Å². The molecule has 0 amide bonds. The minimum atomic E-state index is -3.40. The highest BCUT2D eigenvalue weighted by molar-refractivity contribution is 7.89. The molecule has 0 saturated carbocycles. The Kier molecular flexibility index (Phi) is 4.72. The van der Waals surface area contributed by atoms with Gasteiger partial charge in [-0.1, -0.05) is 12.1 Å². The molecule has 118 valence electrons. The first-order chi connectivity index (χ1) is 9.71. The van der Waals surface area contributed by atoms with Gasteiger partial charge in [-0.25, -0.2) is 12.7 Å². The highest BCUT2D eigenvalue weighted by Crippen LogP contribution is 2.23. The maximum absolute atomic E-state index is 12.2. The van der Waals surface area contributed by atoms with E-state index in [1.165, 1.54) is 18.4 Å². The molecule has 5 nitrogen and oxygen atoms in total. The van der Waals surface area contributed by atoms with Gasteiger partial charge in [0, 0.05) is 27.2 Å². The molecule has 1 saturated heterocycles. The normalized spacial score (nSPS) is 24.4. The van der Waals surface area contributed by atoms with Crippen LogP contribution < -0.4 is 0 Å². The van der Waals surface area contributed by atoms with Crippen LogP contribution in [-0.4, -0.2) is 55.5 Å². The number of hydrogen-bond donors (Lipinski definition) is 1. The number of β-amino-alcohol motifs (C(OH)–C–C–N with tert-alkyl or cyclic N) is 1. The van der Waals surface area contributed by atoms with Crippen molar-refractivity contribution in [1.29, 1.82) is 0 Å². The molecular weight excluding hydrogens is 288 g/mol. The van der Waals surface area contributed by atoms with E-state index in [2.05, 4.69) is 4.90 Å². The molecule has 21 heavy (non-hydrogen) atoms. The van der Waals surface area contributed by atoms with Crippen LogP contribution in [-0.2, 0) is 16.6 Å². The lowest BCUT2D eigenvalue weighted by Crippen LogP contribution is -2.45. The lowest BCUT2D eigenvalue weighted by Gasteiger charge is -2.36. The summed E-state index contributed by atoms with van der Waals surface area (Å²) in [6.07, 6.45) is 1.78. The van der Waals surface area contributed by atoms with Gasteiger partial charge in [0.05, 0.1) is 10.5 Å². The zero-order valence-electron chi connectivity index (χ0n) is 12.9. The Labute approximate surface area is 127 Å². The van der Waals surface area contributed by atoms with Gasteiger partial charge in [0.15, 0.2) is 0 Å². The lowest BCUT2D eigenvalue weighted by atomic mass is 9.95. The Morgan fingerprint density at radius 2 is 2.10 bits per heavy atom. The fourth-order valence-electron chi connectivity index (χ4n) is 2.73. The standard InChI is InChI=1S/C15H24N2O3S/c1-15(18)8-5-9-17(12-15)11-13-6-4-7-14(10-13)21(19,20)16(2)3/h4,6-7,10,18H,5,8-9,11-12H2,1-3H3. The van der Waals surface area contributed by atoms with Gasteiger partial charge in [0.1, 0.15) is 0 Å². The van der Waals surface area contributed by atoms with Crippen LogP contribution in [0.25, 0.3) is 0 Å². The number of piperidine rings is 1. The van der Waals surface area contributed by atoms with E-state index in [0.29, 0.717) is 18.0 Å². The van der Waals surface area contributed by atoms with Crippen LogP contribution in [0, 0.1) is 0 Å². The third kappa shape index (κ3) is 4.03. The molecule has 1 N–H and O–H groups in total. The number of nitrogens with zero attached hydrogens (tertiary/aromatic N) is 2. The summed E-state index contributed by atoms with van der Waals surface area (Å²) in [5.41, 5.74) is 0.307. The molecule has 2 rings (SSSR count). The first-order valence-electron chi connectivity index (χ1n) is 7.17. The highest BCUT2D eigenvalue weighted by atomic mass is 32.2. The summed E-state index contributed by atoms with van der Waals surface area (Å²) in [4.78, 5) is 2.49. The topological polar surface area (TPSA) is 60.9 Å². The van der Waals surface area contributed by atoms with Crippen LogP contribution in [0.3, 0.4) is 0 Å². The van der Waals surface area contributed by atoms with E-state index >= 15 is 0 Å². The predicted molar refractivity (Wildman–Crippen MR) is 82.4 cm³/mol. The number of hydrogen-bond acceptors (Lipinski definition) is 4. The summed E-state index contributed by atoms with van der Waals surface area (Å²) < 4.78 is 25.5. The van der Waals surface area contributed by atoms with E-state index in [4.69, 9.17) is 0 Å². The van der Waals surface area contributed by atoms with Crippen LogP contribution in [0.2, 0.25) is 0 Å². The monoisotopic (exact) mass is 312 g/mol. The van der Waals surface area contributed by atoms with E-state index in [9.17, 15) is 13.5 Å². The van der Waals surface area contributed by atoms with Crippen LogP contribution in [0.4, 0.5) is 0 Å². The van der Waals surface area contributed by atoms with Crippen molar-refractivity contribution in [3.05, 3.63) is 29.8 Å². The van der Waals surface area contributed by atoms with E-state index in [-0.39, 0.29) is 0 Å². The van der Waals surface area contributed by atoms with Crippen molar-refractivity contribution < 1.29 is 13.5 Å². The molecule has 1 fully saturated rings. The summed E-state index contributed by atoms with van der Waals surface area (Å²) >= 11 is 0. The van der Waals surface area contributed by atoms with E-state index in [0.717, 1.165) is 24.9 Å². The van der Waals surface area contributed by atoms with Gasteiger partial charge in [-0.2, -0.15) is 0 Å². The lowest BCUT2D eigenvalue weighted by molar-refractivity contribution is -0.0181. The second kappa shape index (κ2) is 6.04. The minimum Gasteiger partial charge on any atom is -0.389 e. The zero-order valence-corrected chi connectivity index (χ0v) is 13.7. The molecule has 0 bridgehead atoms. The summed E-state index contributed by atoms with van der Waals surface area (Å²) in [5.74, 6) is 0. The number of rotatable bonds is 4. The molecule has 0 radical (unpaired) electrons. The second-order valence-electron chi connectivity index (χ2n) is 6.25. The van der Waals surface area contributed by atoms with Gasteiger partial charge in [-0.3, -0.25) is 4.90 Å². The van der Waals surface area contributed by atoms with Gasteiger partial charge >= 0.3 is 0 Å². The van der Waals surface area contributed by atoms with Gasteiger partial charge in [-0.15, -0.1) is 0 Å². The van der Waals surface area contributed by atoms with Crippen LogP contribution >= 0.6 is 0 Å². The molecule has 1 aliphatic rings. The third-order valence-corrected chi connectivity index (χ3v) is 5.65. The molecule has 1 aliphatic heterocycles. The average molecular weight is 312 g/mol. The fourth-order valence-corrected chi connectivity index (χ4v) is 3.70. The van der Waals surface area contributed by atoms with Crippen molar-refractivity contribution in [2.75, 3.05) is 27.2 Å². The second-order valence-corrected chi connectivity index (χ2v) is 8.40. The number of sulfonamides is 1. The number of likely N-dealkylation sites (tertiary alicyclic amines) is 1. The van der Waals surface area contributed by atoms with Crippen molar-refractivity contribution in [2.45, 2.75) is 36.8 Å². The summed E-state index contributed by atoms with van der Waals surface area (Å²) in [5, 5.41) is 10.1. The van der Waals surface area contributed by atoms with Crippen molar-refractivity contribution in [3.8, 4) is 0 Å². The average Bonchev–Trinajstić information content (AvgIpc) is 2.37. The molecule has 1 atom stereocenters. The van der Waals surface area contributed by atoms with E-state index < -0.39 is 15.6 Å². The first-order valence-corrected chi connectivity index (χ1v) is 8.61. The fraction of sp³-hybridized carbons (Fsp3) is 0.600. The Balaban J connectivity index is 2.15. The van der Waals surface area contributed by atoms with Crippen LogP contribution in [0.5, 0.6) is 0 Å². The SMILES string of the molecule is CN(C)S(=O)(=O)c1cccc(CN2CCCC(C)(O)C2)c1. The quantitative estimate of drug-likeness (QED) is 0.910. The number of benzene rings is 1. The van der Waals surface area contributed by atoms with Crippen molar-refractivity contribution >= 4 is 10.0 Å². The molecule has 0 aliphatic carbocycles. The van der Waals surface area contributed by atoms with Gasteiger partial charge in [0.25, 0.3) is 0 Å². The minimum absolute atomic E-state index is 0.314.